The minimum absolute atomic E-state index is 0.000978. The largest absolute Gasteiger partial charge is 0.464 e. The van der Waals surface area contributed by atoms with Gasteiger partial charge in [-0.3, -0.25) is 4.79 Å². The van der Waals surface area contributed by atoms with Gasteiger partial charge in [0.15, 0.2) is 0 Å². The lowest BCUT2D eigenvalue weighted by Gasteiger charge is -2.29. The fourth-order valence-electron chi connectivity index (χ4n) is 2.77. The molecule has 9 nitrogen and oxygen atoms in total. The first-order valence-corrected chi connectivity index (χ1v) is 8.74. The zero-order valence-electron chi connectivity index (χ0n) is 15.9. The highest BCUT2D eigenvalue weighted by Gasteiger charge is 2.51. The molecule has 1 amide bonds. The van der Waals surface area contributed by atoms with Gasteiger partial charge in [0.2, 0.25) is 11.4 Å². The maximum atomic E-state index is 12.7. The summed E-state index contributed by atoms with van der Waals surface area (Å²) in [7, 11) is 0. The SMILES string of the molecule is CCOC(=O)C(Cc1c(-c2ccccc2)[nH]oc1=O)(NC(C)=O)C(=O)OCC. The van der Waals surface area contributed by atoms with Crippen molar-refractivity contribution in [1.29, 1.82) is 0 Å². The van der Waals surface area contributed by atoms with Gasteiger partial charge < -0.3 is 19.3 Å². The second-order valence-electron chi connectivity index (χ2n) is 5.92. The molecule has 1 aromatic carbocycles. The van der Waals surface area contributed by atoms with Crippen LogP contribution in [0.5, 0.6) is 0 Å². The molecule has 0 spiro atoms. The number of aromatic nitrogens is 1. The summed E-state index contributed by atoms with van der Waals surface area (Å²) in [5.74, 6) is -2.71. The first-order valence-electron chi connectivity index (χ1n) is 8.74. The predicted octanol–water partition coefficient (Wildman–Crippen LogP) is 1.18. The Bertz CT molecular complexity index is 881. The first kappa shape index (κ1) is 20.9. The van der Waals surface area contributed by atoms with E-state index in [2.05, 4.69) is 10.5 Å². The summed E-state index contributed by atoms with van der Waals surface area (Å²) in [5.41, 5.74) is -2.11. The molecule has 2 aromatic rings. The zero-order chi connectivity index (χ0) is 20.7. The van der Waals surface area contributed by atoms with Gasteiger partial charge in [0, 0.05) is 18.9 Å². The molecule has 150 valence electrons. The van der Waals surface area contributed by atoms with E-state index in [1.54, 1.807) is 44.2 Å². The number of carbonyl (C=O) groups excluding carboxylic acids is 3. The van der Waals surface area contributed by atoms with Gasteiger partial charge in [-0.2, -0.15) is 0 Å². The summed E-state index contributed by atoms with van der Waals surface area (Å²) in [6.07, 6.45) is -0.500. The van der Waals surface area contributed by atoms with Crippen molar-refractivity contribution in [2.45, 2.75) is 32.7 Å². The highest BCUT2D eigenvalue weighted by atomic mass is 16.6. The molecule has 1 heterocycles. The predicted molar refractivity (Wildman–Crippen MR) is 98.3 cm³/mol. The summed E-state index contributed by atoms with van der Waals surface area (Å²) >= 11 is 0. The normalized spacial score (nSPS) is 11.0. The zero-order valence-corrected chi connectivity index (χ0v) is 15.9. The summed E-state index contributed by atoms with van der Waals surface area (Å²) in [6.45, 7) is 4.19. The molecule has 0 unspecified atom stereocenters. The molecule has 0 aliphatic carbocycles. The Kier molecular flexibility index (Phi) is 6.75. The topological polar surface area (TPSA) is 128 Å². The molecule has 0 aliphatic heterocycles. The Morgan fingerprint density at radius 3 is 2.14 bits per heavy atom. The number of H-pyrrole nitrogens is 1. The molecule has 9 heteroatoms. The smallest absolute Gasteiger partial charge is 0.361 e. The summed E-state index contributed by atoms with van der Waals surface area (Å²) < 4.78 is 14.9. The lowest BCUT2D eigenvalue weighted by molar-refractivity contribution is -0.168. The fraction of sp³-hybridized carbons (Fsp3) is 0.368. The summed E-state index contributed by atoms with van der Waals surface area (Å²) in [6, 6.07) is 8.74. The van der Waals surface area contributed by atoms with Crippen LogP contribution in [-0.2, 0) is 30.3 Å². The van der Waals surface area contributed by atoms with Crippen LogP contribution in [0, 0.1) is 0 Å². The third-order valence-electron chi connectivity index (χ3n) is 3.94. The van der Waals surface area contributed by atoms with Gasteiger partial charge in [-0.15, -0.1) is 0 Å². The molecule has 0 fully saturated rings. The Balaban J connectivity index is 2.61. The molecule has 0 atom stereocenters. The van der Waals surface area contributed by atoms with E-state index >= 15 is 0 Å². The van der Waals surface area contributed by atoms with Crippen molar-refractivity contribution < 1.29 is 28.4 Å². The Morgan fingerprint density at radius 2 is 1.64 bits per heavy atom. The van der Waals surface area contributed by atoms with E-state index in [4.69, 9.17) is 14.0 Å². The van der Waals surface area contributed by atoms with Crippen molar-refractivity contribution in [1.82, 2.24) is 10.5 Å². The number of hydrogen-bond acceptors (Lipinski definition) is 7. The van der Waals surface area contributed by atoms with Gasteiger partial charge in [-0.05, 0) is 13.8 Å². The number of benzene rings is 1. The van der Waals surface area contributed by atoms with Crippen molar-refractivity contribution in [2.24, 2.45) is 0 Å². The highest BCUT2D eigenvalue weighted by Crippen LogP contribution is 2.25. The van der Waals surface area contributed by atoms with Gasteiger partial charge in [0.1, 0.15) is 0 Å². The van der Waals surface area contributed by atoms with Crippen molar-refractivity contribution in [2.75, 3.05) is 13.2 Å². The molecule has 0 aliphatic rings. The van der Waals surface area contributed by atoms with Gasteiger partial charge >= 0.3 is 17.6 Å². The summed E-state index contributed by atoms with van der Waals surface area (Å²) in [4.78, 5) is 49.6. The van der Waals surface area contributed by atoms with E-state index in [9.17, 15) is 19.2 Å². The van der Waals surface area contributed by atoms with Crippen LogP contribution in [0.4, 0.5) is 0 Å². The van der Waals surface area contributed by atoms with Crippen LogP contribution >= 0.6 is 0 Å². The molecule has 0 saturated heterocycles. The van der Waals surface area contributed by atoms with E-state index in [1.165, 1.54) is 0 Å². The van der Waals surface area contributed by atoms with Crippen LogP contribution in [0.2, 0.25) is 0 Å². The van der Waals surface area contributed by atoms with Crippen LogP contribution < -0.4 is 10.9 Å². The van der Waals surface area contributed by atoms with Crippen molar-refractivity contribution in [3.05, 3.63) is 46.3 Å². The molecule has 1 aromatic heterocycles. The van der Waals surface area contributed by atoms with Crippen LogP contribution in [0.3, 0.4) is 0 Å². The Hall–Kier alpha value is -3.36. The Morgan fingerprint density at radius 1 is 1.07 bits per heavy atom. The summed E-state index contributed by atoms with van der Waals surface area (Å²) in [5, 5.41) is 4.83. The first-order chi connectivity index (χ1) is 13.4. The lowest BCUT2D eigenvalue weighted by atomic mass is 9.89. The number of aromatic amines is 1. The van der Waals surface area contributed by atoms with E-state index < -0.39 is 35.4 Å². The average Bonchev–Trinajstić information content (AvgIpc) is 3.02. The number of hydrogen-bond donors (Lipinski definition) is 2. The standard InChI is InChI=1S/C19H22N2O7/c1-4-26-17(24)19(20-12(3)22,18(25)27-5-2)11-14-15(21-28-16(14)23)13-9-7-6-8-10-13/h6-10,21H,4-5,11H2,1-3H3,(H,20,22). The molecule has 0 saturated carbocycles. The maximum absolute atomic E-state index is 12.7. The quantitative estimate of drug-likeness (QED) is 0.512. The van der Waals surface area contributed by atoms with Crippen molar-refractivity contribution >= 4 is 17.8 Å². The van der Waals surface area contributed by atoms with Gasteiger partial charge in [-0.1, -0.05) is 30.3 Å². The Labute approximate surface area is 161 Å². The minimum atomic E-state index is -2.22. The second-order valence-corrected chi connectivity index (χ2v) is 5.92. The molecule has 28 heavy (non-hydrogen) atoms. The molecular weight excluding hydrogens is 368 g/mol. The second kappa shape index (κ2) is 9.03. The number of esters is 2. The minimum Gasteiger partial charge on any atom is -0.464 e. The van der Waals surface area contributed by atoms with E-state index in [-0.39, 0.29) is 24.5 Å². The monoisotopic (exact) mass is 390 g/mol. The van der Waals surface area contributed by atoms with Gasteiger partial charge in [0.25, 0.3) is 0 Å². The maximum Gasteiger partial charge on any atom is 0.361 e. The fourth-order valence-corrected chi connectivity index (χ4v) is 2.77. The van der Waals surface area contributed by atoms with Crippen LogP contribution in [0.15, 0.2) is 39.6 Å². The number of nitrogens with one attached hydrogen (secondary N) is 2. The van der Waals surface area contributed by atoms with Gasteiger partial charge in [-0.25, -0.2) is 19.5 Å². The van der Waals surface area contributed by atoms with E-state index in [0.29, 0.717) is 5.56 Å². The molecule has 0 radical (unpaired) electrons. The van der Waals surface area contributed by atoms with Crippen LogP contribution in [0.25, 0.3) is 11.3 Å². The number of ether oxygens (including phenoxy) is 2. The van der Waals surface area contributed by atoms with Gasteiger partial charge in [0.05, 0.1) is 24.5 Å². The third-order valence-corrected chi connectivity index (χ3v) is 3.94. The third kappa shape index (κ3) is 4.30. The average molecular weight is 390 g/mol. The van der Waals surface area contributed by atoms with Crippen molar-refractivity contribution in [3.63, 3.8) is 0 Å². The molecule has 2 N–H and O–H groups in total. The molecular formula is C19H22N2O7. The van der Waals surface area contributed by atoms with E-state index in [0.717, 1.165) is 6.92 Å². The molecule has 0 bridgehead atoms. The highest BCUT2D eigenvalue weighted by molar-refractivity contribution is 6.08. The van der Waals surface area contributed by atoms with Crippen LogP contribution in [-0.4, -0.2) is 41.8 Å². The number of rotatable bonds is 8. The lowest BCUT2D eigenvalue weighted by Crippen LogP contribution is -2.62. The molecule has 2 rings (SSSR count). The number of carbonyl (C=O) groups is 3. The van der Waals surface area contributed by atoms with Crippen LogP contribution in [0.1, 0.15) is 26.3 Å². The van der Waals surface area contributed by atoms with Crippen molar-refractivity contribution in [3.8, 4) is 11.3 Å². The number of amides is 1. The van der Waals surface area contributed by atoms with E-state index in [1.807, 2.05) is 0 Å².